The molecule has 27 heavy (non-hydrogen) atoms. The van der Waals surface area contributed by atoms with Crippen molar-refractivity contribution in [3.05, 3.63) is 0 Å². The van der Waals surface area contributed by atoms with E-state index in [4.69, 9.17) is 16.6 Å². The topological polar surface area (TPSA) is 197 Å². The van der Waals surface area contributed by atoms with Gasteiger partial charge in [0.2, 0.25) is 17.7 Å². The summed E-state index contributed by atoms with van der Waals surface area (Å²) in [6, 6.07) is -3.29. The van der Waals surface area contributed by atoms with E-state index >= 15 is 0 Å². The van der Waals surface area contributed by atoms with Gasteiger partial charge in [-0.3, -0.25) is 19.2 Å². The lowest BCUT2D eigenvalue weighted by Crippen LogP contribution is -2.58. The molecule has 0 rings (SSSR count). The number of nitrogens with two attached hydrogens (primary N) is 2. The molecule has 0 aliphatic carbocycles. The highest BCUT2D eigenvalue weighted by Crippen LogP contribution is 2.04. The van der Waals surface area contributed by atoms with Crippen LogP contribution in [0.25, 0.3) is 0 Å². The SMILES string of the molecule is CC(O)C(NC(=O)C(CCCCN)NC(=O)C(N)CS)C(=O)NCC(=O)O. The van der Waals surface area contributed by atoms with Crippen molar-refractivity contribution in [3.8, 4) is 0 Å². The molecule has 0 aromatic carbocycles. The van der Waals surface area contributed by atoms with Gasteiger partial charge >= 0.3 is 5.97 Å². The summed E-state index contributed by atoms with van der Waals surface area (Å²) in [5.41, 5.74) is 11.0. The second-order valence-electron chi connectivity index (χ2n) is 5.97. The van der Waals surface area contributed by atoms with Gasteiger partial charge in [-0.2, -0.15) is 12.6 Å². The van der Waals surface area contributed by atoms with Crippen LogP contribution < -0.4 is 27.4 Å². The summed E-state index contributed by atoms with van der Waals surface area (Å²) in [5, 5.41) is 25.2. The van der Waals surface area contributed by atoms with Crippen LogP contribution in [0, 0.1) is 0 Å². The van der Waals surface area contributed by atoms with Gasteiger partial charge in [0.25, 0.3) is 0 Å². The molecule has 0 aliphatic heterocycles. The molecule has 4 unspecified atom stereocenters. The number of thiol groups is 1. The van der Waals surface area contributed by atoms with Gasteiger partial charge in [-0.1, -0.05) is 0 Å². The van der Waals surface area contributed by atoms with E-state index < -0.39 is 54.5 Å². The molecule has 0 aliphatic rings. The first-order chi connectivity index (χ1) is 12.6. The Labute approximate surface area is 163 Å². The largest absolute Gasteiger partial charge is 0.480 e. The van der Waals surface area contributed by atoms with Crippen LogP contribution in [-0.2, 0) is 19.2 Å². The first kappa shape index (κ1) is 25.1. The van der Waals surface area contributed by atoms with Crippen LogP contribution in [0.2, 0.25) is 0 Å². The van der Waals surface area contributed by atoms with Crippen molar-refractivity contribution in [2.45, 2.75) is 50.4 Å². The third kappa shape index (κ3) is 10.1. The zero-order valence-corrected chi connectivity index (χ0v) is 16.1. The quantitative estimate of drug-likeness (QED) is 0.116. The number of carbonyl (C=O) groups excluding carboxylic acids is 3. The van der Waals surface area contributed by atoms with Gasteiger partial charge in [-0.05, 0) is 32.7 Å². The Kier molecular flexibility index (Phi) is 12.4. The van der Waals surface area contributed by atoms with E-state index in [1.807, 2.05) is 0 Å². The number of aliphatic hydroxyl groups is 1. The Morgan fingerprint density at radius 3 is 2.19 bits per heavy atom. The van der Waals surface area contributed by atoms with Crippen molar-refractivity contribution < 1.29 is 29.4 Å². The van der Waals surface area contributed by atoms with Crippen LogP contribution >= 0.6 is 12.6 Å². The van der Waals surface area contributed by atoms with Crippen molar-refractivity contribution >= 4 is 36.3 Å². The number of carbonyl (C=O) groups is 4. The number of rotatable bonds is 13. The monoisotopic (exact) mass is 407 g/mol. The molecule has 3 amide bonds. The lowest BCUT2D eigenvalue weighted by atomic mass is 10.1. The minimum Gasteiger partial charge on any atom is -0.480 e. The summed E-state index contributed by atoms with van der Waals surface area (Å²) in [4.78, 5) is 47.0. The zero-order chi connectivity index (χ0) is 21.0. The van der Waals surface area contributed by atoms with Crippen LogP contribution in [0.15, 0.2) is 0 Å². The summed E-state index contributed by atoms with van der Waals surface area (Å²) >= 11 is 3.93. The van der Waals surface area contributed by atoms with Crippen molar-refractivity contribution in [2.24, 2.45) is 11.5 Å². The summed E-state index contributed by atoms with van der Waals surface area (Å²) in [6.07, 6.45) is 0.118. The number of aliphatic carboxylic acids is 1. The molecule has 9 N–H and O–H groups in total. The average molecular weight is 407 g/mol. The number of nitrogens with one attached hydrogen (secondary N) is 3. The van der Waals surface area contributed by atoms with Crippen molar-refractivity contribution in [3.63, 3.8) is 0 Å². The molecule has 0 spiro atoms. The lowest BCUT2D eigenvalue weighted by molar-refractivity contribution is -0.139. The van der Waals surface area contributed by atoms with Gasteiger partial charge in [-0.25, -0.2) is 0 Å². The van der Waals surface area contributed by atoms with Crippen LogP contribution in [0.3, 0.4) is 0 Å². The Morgan fingerprint density at radius 2 is 1.70 bits per heavy atom. The van der Waals surface area contributed by atoms with E-state index in [9.17, 15) is 24.3 Å². The van der Waals surface area contributed by atoms with Gasteiger partial charge in [0.05, 0.1) is 12.1 Å². The molecular formula is C15H29N5O6S. The third-order valence-corrected chi connectivity index (χ3v) is 3.98. The number of unbranched alkanes of at least 4 members (excludes halogenated alkanes) is 1. The van der Waals surface area contributed by atoms with E-state index in [0.717, 1.165) is 0 Å². The Morgan fingerprint density at radius 1 is 1.07 bits per heavy atom. The zero-order valence-electron chi connectivity index (χ0n) is 15.2. The highest BCUT2D eigenvalue weighted by Gasteiger charge is 2.30. The molecule has 0 saturated heterocycles. The van der Waals surface area contributed by atoms with E-state index in [1.165, 1.54) is 6.92 Å². The van der Waals surface area contributed by atoms with Crippen LogP contribution in [-0.4, -0.2) is 77.0 Å². The van der Waals surface area contributed by atoms with Gasteiger partial charge in [0.15, 0.2) is 0 Å². The maximum atomic E-state index is 12.5. The van der Waals surface area contributed by atoms with Gasteiger partial charge in [0, 0.05) is 5.75 Å². The molecule has 0 aromatic rings. The maximum Gasteiger partial charge on any atom is 0.322 e. The fraction of sp³-hybridized carbons (Fsp3) is 0.733. The van der Waals surface area contributed by atoms with E-state index in [2.05, 4.69) is 28.6 Å². The van der Waals surface area contributed by atoms with Crippen molar-refractivity contribution in [1.82, 2.24) is 16.0 Å². The average Bonchev–Trinajstić information content (AvgIpc) is 2.61. The molecule has 0 saturated carbocycles. The lowest BCUT2D eigenvalue weighted by Gasteiger charge is -2.25. The molecular weight excluding hydrogens is 378 g/mol. The standard InChI is InChI=1S/C15H29N5O6S/c1-8(21)12(15(26)18-6-11(22)23)20-14(25)10(4-2-3-5-16)19-13(24)9(17)7-27/h8-10,12,21,27H,2-7,16-17H2,1H3,(H,18,26)(H,19,24)(H,20,25)(H,22,23). The molecule has 0 heterocycles. The van der Waals surface area contributed by atoms with Crippen LogP contribution in [0.1, 0.15) is 26.2 Å². The van der Waals surface area contributed by atoms with Crippen LogP contribution in [0.5, 0.6) is 0 Å². The second-order valence-corrected chi connectivity index (χ2v) is 6.34. The summed E-state index contributed by atoms with van der Waals surface area (Å²) < 4.78 is 0. The predicted molar refractivity (Wildman–Crippen MR) is 101 cm³/mol. The number of hydrogen-bond donors (Lipinski definition) is 8. The molecule has 0 aromatic heterocycles. The summed E-state index contributed by atoms with van der Waals surface area (Å²) in [6.45, 7) is 1.02. The Balaban J connectivity index is 5.09. The fourth-order valence-corrected chi connectivity index (χ4v) is 2.22. The molecule has 11 nitrogen and oxygen atoms in total. The smallest absolute Gasteiger partial charge is 0.322 e. The van der Waals surface area contributed by atoms with Crippen LogP contribution in [0.4, 0.5) is 0 Å². The number of carboxylic acid groups (broad SMARTS) is 1. The highest BCUT2D eigenvalue weighted by atomic mass is 32.1. The molecule has 0 bridgehead atoms. The molecule has 12 heteroatoms. The number of hydrogen-bond acceptors (Lipinski definition) is 8. The number of carboxylic acids is 1. The van der Waals surface area contributed by atoms with E-state index in [1.54, 1.807) is 0 Å². The molecule has 4 atom stereocenters. The van der Waals surface area contributed by atoms with Gasteiger partial charge < -0.3 is 37.6 Å². The predicted octanol–water partition coefficient (Wildman–Crippen LogP) is -3.08. The number of amides is 3. The first-order valence-corrected chi connectivity index (χ1v) is 9.12. The van der Waals surface area contributed by atoms with Crippen molar-refractivity contribution in [2.75, 3.05) is 18.8 Å². The fourth-order valence-electron chi connectivity index (χ4n) is 2.06. The second kappa shape index (κ2) is 13.3. The van der Waals surface area contributed by atoms with Crippen molar-refractivity contribution in [1.29, 1.82) is 0 Å². The minimum absolute atomic E-state index is 0.0802. The summed E-state index contributed by atoms with van der Waals surface area (Å²) in [5.74, 6) is -3.34. The first-order valence-electron chi connectivity index (χ1n) is 8.48. The minimum atomic E-state index is -1.38. The molecule has 0 fully saturated rings. The normalized spacial score (nSPS) is 15.1. The molecule has 0 radical (unpaired) electrons. The third-order valence-electron chi connectivity index (χ3n) is 3.59. The number of aliphatic hydroxyl groups excluding tert-OH is 1. The van der Waals surface area contributed by atoms with E-state index in [0.29, 0.717) is 19.4 Å². The maximum absolute atomic E-state index is 12.5. The molecule has 156 valence electrons. The van der Waals surface area contributed by atoms with Gasteiger partial charge in [0.1, 0.15) is 18.6 Å². The van der Waals surface area contributed by atoms with E-state index in [-0.39, 0.29) is 12.2 Å². The Bertz CT molecular complexity index is 519. The van der Waals surface area contributed by atoms with Gasteiger partial charge in [-0.15, -0.1) is 0 Å². The summed E-state index contributed by atoms with van der Waals surface area (Å²) in [7, 11) is 0. The highest BCUT2D eigenvalue weighted by molar-refractivity contribution is 7.80. The Hall–Kier alpha value is -1.89.